The molecule has 1 heterocycles. The second-order valence-corrected chi connectivity index (χ2v) is 5.09. The number of aliphatic hydroxyl groups excluding tert-OH is 1. The molecule has 0 bridgehead atoms. The molecule has 2 nitrogen and oxygen atoms in total. The van der Waals surface area contributed by atoms with Crippen LogP contribution in [0.15, 0.2) is 42.5 Å². The minimum Gasteiger partial charge on any atom is -0.386 e. The lowest BCUT2D eigenvalue weighted by atomic mass is 9.92. The van der Waals surface area contributed by atoms with Gasteiger partial charge < -0.3 is 10.4 Å². The van der Waals surface area contributed by atoms with E-state index in [2.05, 4.69) is 5.32 Å². The summed E-state index contributed by atoms with van der Waals surface area (Å²) in [5.74, 6) is -1.34. The van der Waals surface area contributed by atoms with Gasteiger partial charge in [-0.05, 0) is 42.2 Å². The van der Waals surface area contributed by atoms with Crippen LogP contribution in [-0.2, 0) is 6.42 Å². The Morgan fingerprint density at radius 2 is 1.80 bits per heavy atom. The van der Waals surface area contributed by atoms with Crippen LogP contribution >= 0.6 is 0 Å². The molecular formula is C16H15F2NO. The normalized spacial score (nSPS) is 19.1. The maximum Gasteiger partial charge on any atom is 0.126 e. The molecule has 2 atom stereocenters. The Morgan fingerprint density at radius 3 is 2.55 bits per heavy atom. The standard InChI is InChI=1S/C16H15F2NO/c17-12-7-11(8-13(18)9-12)16(20)15-6-5-10-3-1-2-4-14(10)19-15/h1-4,7-9,15-16,19-20H,5-6H2. The molecule has 0 saturated heterocycles. The number of hydrogen-bond acceptors (Lipinski definition) is 2. The van der Waals surface area contributed by atoms with Gasteiger partial charge in [-0.15, -0.1) is 0 Å². The summed E-state index contributed by atoms with van der Waals surface area (Å²) < 4.78 is 26.4. The first kappa shape index (κ1) is 13.1. The average Bonchev–Trinajstić information content (AvgIpc) is 2.45. The number of benzene rings is 2. The van der Waals surface area contributed by atoms with Crippen LogP contribution < -0.4 is 5.32 Å². The van der Waals surface area contributed by atoms with Crippen molar-refractivity contribution >= 4 is 5.69 Å². The smallest absolute Gasteiger partial charge is 0.126 e. The quantitative estimate of drug-likeness (QED) is 0.880. The second-order valence-electron chi connectivity index (χ2n) is 5.09. The zero-order chi connectivity index (χ0) is 14.1. The van der Waals surface area contributed by atoms with Gasteiger partial charge in [-0.1, -0.05) is 18.2 Å². The molecule has 1 aliphatic heterocycles. The molecule has 2 aromatic carbocycles. The number of rotatable bonds is 2. The Hall–Kier alpha value is -1.94. The first-order chi connectivity index (χ1) is 9.63. The van der Waals surface area contributed by atoms with Gasteiger partial charge in [-0.25, -0.2) is 8.78 Å². The number of halogens is 2. The van der Waals surface area contributed by atoms with E-state index in [1.54, 1.807) is 0 Å². The number of aryl methyl sites for hydroxylation is 1. The highest BCUT2D eigenvalue weighted by molar-refractivity contribution is 5.54. The lowest BCUT2D eigenvalue weighted by Crippen LogP contribution is -2.31. The van der Waals surface area contributed by atoms with E-state index in [1.165, 1.54) is 17.7 Å². The number of anilines is 1. The van der Waals surface area contributed by atoms with Gasteiger partial charge in [-0.2, -0.15) is 0 Å². The van der Waals surface area contributed by atoms with E-state index in [0.717, 1.165) is 24.6 Å². The molecular weight excluding hydrogens is 260 g/mol. The SMILES string of the molecule is OC(c1cc(F)cc(F)c1)C1CCc2ccccc2N1. The molecule has 2 N–H and O–H groups in total. The Morgan fingerprint density at radius 1 is 1.10 bits per heavy atom. The lowest BCUT2D eigenvalue weighted by molar-refractivity contribution is 0.148. The zero-order valence-electron chi connectivity index (χ0n) is 10.8. The predicted octanol–water partition coefficient (Wildman–Crippen LogP) is 3.43. The Labute approximate surface area is 116 Å². The average molecular weight is 275 g/mol. The number of nitrogens with one attached hydrogen (secondary N) is 1. The van der Waals surface area contributed by atoms with Crippen molar-refractivity contribution in [3.05, 3.63) is 65.2 Å². The summed E-state index contributed by atoms with van der Waals surface area (Å²) in [4.78, 5) is 0. The Bertz CT molecular complexity index is 609. The maximum absolute atomic E-state index is 13.2. The van der Waals surface area contributed by atoms with E-state index < -0.39 is 17.7 Å². The number of aliphatic hydroxyl groups is 1. The summed E-state index contributed by atoms with van der Waals surface area (Å²) in [5.41, 5.74) is 2.43. The topological polar surface area (TPSA) is 32.3 Å². The van der Waals surface area contributed by atoms with E-state index in [-0.39, 0.29) is 11.6 Å². The largest absolute Gasteiger partial charge is 0.386 e. The van der Waals surface area contributed by atoms with Gasteiger partial charge >= 0.3 is 0 Å². The second kappa shape index (κ2) is 5.21. The number of hydrogen-bond donors (Lipinski definition) is 2. The van der Waals surface area contributed by atoms with Crippen LogP contribution in [-0.4, -0.2) is 11.1 Å². The van der Waals surface area contributed by atoms with Gasteiger partial charge in [0.25, 0.3) is 0 Å². The van der Waals surface area contributed by atoms with E-state index in [1.807, 2.05) is 24.3 Å². The van der Waals surface area contributed by atoms with Crippen LogP contribution in [0.5, 0.6) is 0 Å². The highest BCUT2D eigenvalue weighted by atomic mass is 19.1. The third kappa shape index (κ3) is 2.51. The minimum absolute atomic E-state index is 0.244. The van der Waals surface area contributed by atoms with Crippen LogP contribution in [0.25, 0.3) is 0 Å². The Kier molecular flexibility index (Phi) is 3.40. The fourth-order valence-electron chi connectivity index (χ4n) is 2.68. The van der Waals surface area contributed by atoms with Gasteiger partial charge in [0.15, 0.2) is 0 Å². The summed E-state index contributed by atoms with van der Waals surface area (Å²) in [7, 11) is 0. The van der Waals surface area contributed by atoms with Gasteiger partial charge in [0.1, 0.15) is 11.6 Å². The van der Waals surface area contributed by atoms with Crippen molar-refractivity contribution in [1.82, 2.24) is 0 Å². The fourth-order valence-corrected chi connectivity index (χ4v) is 2.68. The van der Waals surface area contributed by atoms with Gasteiger partial charge in [-0.3, -0.25) is 0 Å². The van der Waals surface area contributed by atoms with E-state index in [0.29, 0.717) is 0 Å². The van der Waals surface area contributed by atoms with Crippen molar-refractivity contribution in [2.75, 3.05) is 5.32 Å². The summed E-state index contributed by atoms with van der Waals surface area (Å²) in [6, 6.07) is 10.8. The summed E-state index contributed by atoms with van der Waals surface area (Å²) >= 11 is 0. The highest BCUT2D eigenvalue weighted by Gasteiger charge is 2.25. The molecule has 0 radical (unpaired) electrons. The van der Waals surface area contributed by atoms with Crippen LogP contribution in [0.1, 0.15) is 23.7 Å². The lowest BCUT2D eigenvalue weighted by Gasteiger charge is -2.30. The molecule has 1 aliphatic rings. The van der Waals surface area contributed by atoms with E-state index in [9.17, 15) is 13.9 Å². The monoisotopic (exact) mass is 275 g/mol. The summed E-state index contributed by atoms with van der Waals surface area (Å²) in [6.07, 6.45) is 0.618. The van der Waals surface area contributed by atoms with Gasteiger partial charge in [0.2, 0.25) is 0 Å². The fraction of sp³-hybridized carbons (Fsp3) is 0.250. The molecule has 0 aromatic heterocycles. The number of para-hydroxylation sites is 1. The van der Waals surface area contributed by atoms with Crippen molar-refractivity contribution in [2.24, 2.45) is 0 Å². The molecule has 0 saturated carbocycles. The molecule has 4 heteroatoms. The van der Waals surface area contributed by atoms with Crippen molar-refractivity contribution in [3.8, 4) is 0 Å². The van der Waals surface area contributed by atoms with Crippen molar-refractivity contribution in [2.45, 2.75) is 25.0 Å². The van der Waals surface area contributed by atoms with Crippen molar-refractivity contribution in [1.29, 1.82) is 0 Å². The van der Waals surface area contributed by atoms with Gasteiger partial charge in [0.05, 0.1) is 12.1 Å². The maximum atomic E-state index is 13.2. The minimum atomic E-state index is -0.937. The molecule has 0 amide bonds. The van der Waals surface area contributed by atoms with Crippen LogP contribution in [0.2, 0.25) is 0 Å². The molecule has 0 spiro atoms. The van der Waals surface area contributed by atoms with Crippen molar-refractivity contribution in [3.63, 3.8) is 0 Å². The van der Waals surface area contributed by atoms with E-state index in [4.69, 9.17) is 0 Å². The molecule has 0 aliphatic carbocycles. The van der Waals surface area contributed by atoms with E-state index >= 15 is 0 Å². The van der Waals surface area contributed by atoms with Crippen LogP contribution in [0.4, 0.5) is 14.5 Å². The molecule has 0 fully saturated rings. The first-order valence-electron chi connectivity index (χ1n) is 6.62. The van der Waals surface area contributed by atoms with Gasteiger partial charge in [0, 0.05) is 11.8 Å². The molecule has 104 valence electrons. The zero-order valence-corrected chi connectivity index (χ0v) is 10.8. The number of fused-ring (bicyclic) bond motifs is 1. The highest BCUT2D eigenvalue weighted by Crippen LogP contribution is 2.31. The summed E-state index contributed by atoms with van der Waals surface area (Å²) in [5, 5.41) is 13.6. The third-order valence-electron chi connectivity index (χ3n) is 3.69. The molecule has 2 unspecified atom stereocenters. The first-order valence-corrected chi connectivity index (χ1v) is 6.62. The molecule has 20 heavy (non-hydrogen) atoms. The third-order valence-corrected chi connectivity index (χ3v) is 3.69. The predicted molar refractivity (Wildman–Crippen MR) is 73.5 cm³/mol. The van der Waals surface area contributed by atoms with Crippen molar-refractivity contribution < 1.29 is 13.9 Å². The summed E-state index contributed by atoms with van der Waals surface area (Å²) in [6.45, 7) is 0. The van der Waals surface area contributed by atoms with Crippen LogP contribution in [0.3, 0.4) is 0 Å². The molecule has 2 aromatic rings. The van der Waals surface area contributed by atoms with Crippen LogP contribution in [0, 0.1) is 11.6 Å². The molecule has 3 rings (SSSR count). The Balaban J connectivity index is 1.83.